The third kappa shape index (κ3) is 3.35. The summed E-state index contributed by atoms with van der Waals surface area (Å²) in [5.41, 5.74) is 0. The van der Waals surface area contributed by atoms with E-state index in [4.69, 9.17) is 0 Å². The van der Waals surface area contributed by atoms with Crippen molar-refractivity contribution in [3.8, 4) is 0 Å². The lowest BCUT2D eigenvalue weighted by atomic mass is 10.8. The molecule has 0 aliphatic rings. The van der Waals surface area contributed by atoms with Crippen LogP contribution in [0.15, 0.2) is 0 Å². The van der Waals surface area contributed by atoms with Gasteiger partial charge in [0.1, 0.15) is 0 Å². The van der Waals surface area contributed by atoms with Crippen molar-refractivity contribution in [1.82, 2.24) is 0 Å². The Hall–Kier alpha value is -0.840. The minimum Gasteiger partial charge on any atom is -0.356 e. The molecule has 5 heteroatoms. The van der Waals surface area contributed by atoms with Crippen LogP contribution in [-0.2, 0) is 9.57 Å². The molecule has 0 saturated heterocycles. The molecule has 8 heavy (non-hydrogen) atoms. The first-order valence-corrected chi connectivity index (χ1v) is 2.00. The quantitative estimate of drug-likeness (QED) is 0.303. The van der Waals surface area contributed by atoms with Crippen molar-refractivity contribution in [2.24, 2.45) is 0 Å². The molecule has 0 aromatic heterocycles. The van der Waals surface area contributed by atoms with Crippen LogP contribution in [0.25, 0.3) is 0 Å². The van der Waals surface area contributed by atoms with Gasteiger partial charge in [-0.25, -0.2) is 0 Å². The lowest BCUT2D eigenvalue weighted by Gasteiger charge is -2.03. The molecule has 0 rings (SSSR count). The zero-order chi connectivity index (χ0) is 6.57. The van der Waals surface area contributed by atoms with Crippen LogP contribution < -0.4 is 0 Å². The fourth-order valence-electron chi connectivity index (χ4n) is 0.164. The molecule has 0 N–H and O–H groups in total. The molecule has 48 valence electrons. The van der Waals surface area contributed by atoms with Gasteiger partial charge in [0.2, 0.25) is 6.29 Å². The predicted molar refractivity (Wildman–Crippen MR) is 24.6 cm³/mol. The van der Waals surface area contributed by atoms with Gasteiger partial charge in [0.15, 0.2) is 0 Å². The van der Waals surface area contributed by atoms with Crippen LogP contribution >= 0.6 is 0 Å². The molecule has 0 spiro atoms. The van der Waals surface area contributed by atoms with Crippen LogP contribution in [0.3, 0.4) is 0 Å². The monoisotopic (exact) mass is 121 g/mol. The topological polar surface area (TPSA) is 61.6 Å². The molecule has 0 radical (unpaired) electrons. The highest BCUT2D eigenvalue weighted by Crippen LogP contribution is 1.88. The molecule has 0 saturated carbocycles. The number of hydrogen-bond acceptors (Lipinski definition) is 4. The standard InChI is InChI=1S/C3H7NO4/c1-3(7-2)8-4(5)6/h3H,1-2H3. The normalized spacial score (nSPS) is 12.8. The Labute approximate surface area is 46.3 Å². The van der Waals surface area contributed by atoms with Gasteiger partial charge in [-0.15, -0.1) is 10.1 Å². The van der Waals surface area contributed by atoms with E-state index in [1.165, 1.54) is 14.0 Å². The van der Waals surface area contributed by atoms with E-state index in [1.807, 2.05) is 0 Å². The third-order valence-electron chi connectivity index (χ3n) is 0.566. The zero-order valence-corrected chi connectivity index (χ0v) is 4.66. The number of ether oxygens (including phenoxy) is 1. The highest BCUT2D eigenvalue weighted by Gasteiger charge is 2.01. The van der Waals surface area contributed by atoms with Crippen LogP contribution in [0, 0.1) is 10.1 Å². The molecular weight excluding hydrogens is 114 g/mol. The summed E-state index contributed by atoms with van der Waals surface area (Å²) in [6.07, 6.45) is -0.773. The summed E-state index contributed by atoms with van der Waals surface area (Å²) >= 11 is 0. The molecule has 0 heterocycles. The van der Waals surface area contributed by atoms with E-state index < -0.39 is 11.4 Å². The molecule has 0 aromatic carbocycles. The Balaban J connectivity index is 3.24. The van der Waals surface area contributed by atoms with E-state index in [0.717, 1.165) is 0 Å². The second-order valence-corrected chi connectivity index (χ2v) is 1.13. The van der Waals surface area contributed by atoms with Crippen LogP contribution in [-0.4, -0.2) is 18.5 Å². The van der Waals surface area contributed by atoms with Gasteiger partial charge in [-0.3, -0.25) is 4.84 Å². The second-order valence-electron chi connectivity index (χ2n) is 1.13. The van der Waals surface area contributed by atoms with Crippen LogP contribution in [0.5, 0.6) is 0 Å². The molecule has 0 aromatic rings. The van der Waals surface area contributed by atoms with Gasteiger partial charge in [0.05, 0.1) is 0 Å². The van der Waals surface area contributed by atoms with E-state index in [-0.39, 0.29) is 0 Å². The molecule has 1 atom stereocenters. The van der Waals surface area contributed by atoms with Crippen molar-refractivity contribution < 1.29 is 14.7 Å². The van der Waals surface area contributed by atoms with Gasteiger partial charge in [0.25, 0.3) is 5.09 Å². The fraction of sp³-hybridized carbons (Fsp3) is 1.00. The Kier molecular flexibility index (Phi) is 2.86. The van der Waals surface area contributed by atoms with E-state index in [0.29, 0.717) is 0 Å². The summed E-state index contributed by atoms with van der Waals surface area (Å²) in [5, 5.41) is 8.58. The van der Waals surface area contributed by atoms with Crippen molar-refractivity contribution >= 4 is 0 Å². The van der Waals surface area contributed by atoms with E-state index >= 15 is 0 Å². The van der Waals surface area contributed by atoms with E-state index in [9.17, 15) is 10.1 Å². The average Bonchev–Trinajstić information content (AvgIpc) is 1.65. The Morgan fingerprint density at radius 1 is 1.75 bits per heavy atom. The molecule has 0 bridgehead atoms. The maximum atomic E-state index is 9.47. The summed E-state index contributed by atoms with van der Waals surface area (Å²) in [6.45, 7) is 1.43. The summed E-state index contributed by atoms with van der Waals surface area (Å²) in [6, 6.07) is 0. The van der Waals surface area contributed by atoms with E-state index in [2.05, 4.69) is 9.57 Å². The molecular formula is C3H7NO4. The smallest absolute Gasteiger partial charge is 0.297 e. The first-order valence-electron chi connectivity index (χ1n) is 2.00. The van der Waals surface area contributed by atoms with Crippen LogP contribution in [0.1, 0.15) is 6.92 Å². The lowest BCUT2D eigenvalue weighted by molar-refractivity contribution is -0.779. The van der Waals surface area contributed by atoms with Gasteiger partial charge in [-0.05, 0) is 6.92 Å². The minimum absolute atomic E-state index is 0.773. The van der Waals surface area contributed by atoms with E-state index in [1.54, 1.807) is 0 Å². The zero-order valence-electron chi connectivity index (χ0n) is 4.66. The van der Waals surface area contributed by atoms with Gasteiger partial charge >= 0.3 is 0 Å². The first-order chi connectivity index (χ1) is 3.66. The van der Waals surface area contributed by atoms with Crippen LogP contribution in [0.2, 0.25) is 0 Å². The van der Waals surface area contributed by atoms with Crippen molar-refractivity contribution in [3.05, 3.63) is 10.1 Å². The number of hydrogen-bond donors (Lipinski definition) is 0. The summed E-state index contributed by atoms with van der Waals surface area (Å²) in [5.74, 6) is 0. The average molecular weight is 121 g/mol. The molecule has 0 amide bonds. The number of nitrogens with zero attached hydrogens (tertiary/aromatic N) is 1. The van der Waals surface area contributed by atoms with Crippen molar-refractivity contribution in [3.63, 3.8) is 0 Å². The highest BCUT2D eigenvalue weighted by atomic mass is 17.0. The highest BCUT2D eigenvalue weighted by molar-refractivity contribution is 4.16. The molecule has 1 unspecified atom stereocenters. The lowest BCUT2D eigenvalue weighted by Crippen LogP contribution is -2.14. The summed E-state index contributed by atoms with van der Waals surface area (Å²) in [7, 11) is 1.33. The summed E-state index contributed by atoms with van der Waals surface area (Å²) < 4.78 is 4.40. The predicted octanol–water partition coefficient (Wildman–Crippen LogP) is 0.187. The van der Waals surface area contributed by atoms with Gasteiger partial charge in [-0.1, -0.05) is 0 Å². The number of methoxy groups -OCH3 is 1. The Morgan fingerprint density at radius 3 is 2.38 bits per heavy atom. The maximum absolute atomic E-state index is 9.47. The Morgan fingerprint density at radius 2 is 2.25 bits per heavy atom. The fourth-order valence-corrected chi connectivity index (χ4v) is 0.164. The van der Waals surface area contributed by atoms with Gasteiger partial charge in [-0.2, -0.15) is 0 Å². The molecule has 0 aliphatic carbocycles. The van der Waals surface area contributed by atoms with Crippen molar-refractivity contribution in [2.45, 2.75) is 13.2 Å². The molecule has 5 nitrogen and oxygen atoms in total. The minimum atomic E-state index is -0.895. The SMILES string of the molecule is COC(C)O[N+](=O)[O-]. The second kappa shape index (κ2) is 3.20. The molecule has 0 aliphatic heterocycles. The Bertz CT molecular complexity index is 83.4. The van der Waals surface area contributed by atoms with Gasteiger partial charge in [0, 0.05) is 7.11 Å². The maximum Gasteiger partial charge on any atom is 0.297 e. The van der Waals surface area contributed by atoms with Crippen molar-refractivity contribution in [1.29, 1.82) is 0 Å². The van der Waals surface area contributed by atoms with Crippen LogP contribution in [0.4, 0.5) is 0 Å². The number of rotatable bonds is 3. The molecule has 0 fully saturated rings. The third-order valence-corrected chi connectivity index (χ3v) is 0.566. The first kappa shape index (κ1) is 7.16. The largest absolute Gasteiger partial charge is 0.356 e. The van der Waals surface area contributed by atoms with Crippen molar-refractivity contribution in [2.75, 3.05) is 7.11 Å². The summed E-state index contributed by atoms with van der Waals surface area (Å²) in [4.78, 5) is 13.4. The van der Waals surface area contributed by atoms with Gasteiger partial charge < -0.3 is 4.74 Å².